The SMILES string of the molecule is CCOCCCN=C(NN)N(C)Cc1ccc(C)o1. The van der Waals surface area contributed by atoms with E-state index in [0.717, 1.165) is 31.2 Å². The molecule has 1 aromatic rings. The first-order valence-electron chi connectivity index (χ1n) is 6.52. The van der Waals surface area contributed by atoms with Crippen LogP contribution in [-0.2, 0) is 11.3 Å². The minimum absolute atomic E-state index is 0.627. The Bertz CT molecular complexity index is 390. The van der Waals surface area contributed by atoms with Crippen molar-refractivity contribution in [1.82, 2.24) is 10.3 Å². The fraction of sp³-hybridized carbons (Fsp3) is 0.615. The van der Waals surface area contributed by atoms with Gasteiger partial charge in [-0.1, -0.05) is 0 Å². The summed E-state index contributed by atoms with van der Waals surface area (Å²) in [6, 6.07) is 3.90. The molecule has 6 heteroatoms. The summed E-state index contributed by atoms with van der Waals surface area (Å²) in [5.74, 6) is 7.92. The maximum Gasteiger partial charge on any atom is 0.208 e. The Morgan fingerprint density at radius 3 is 2.89 bits per heavy atom. The van der Waals surface area contributed by atoms with Crippen molar-refractivity contribution in [1.29, 1.82) is 0 Å². The number of aliphatic imine (C=N–C) groups is 1. The molecule has 0 spiro atoms. The van der Waals surface area contributed by atoms with Crippen LogP contribution in [0.2, 0.25) is 0 Å². The summed E-state index contributed by atoms with van der Waals surface area (Å²) in [7, 11) is 1.92. The van der Waals surface area contributed by atoms with Crippen molar-refractivity contribution in [2.24, 2.45) is 10.8 Å². The van der Waals surface area contributed by atoms with Crippen molar-refractivity contribution >= 4 is 5.96 Å². The second kappa shape index (κ2) is 8.55. The number of hydrazine groups is 1. The Morgan fingerprint density at radius 1 is 1.53 bits per heavy atom. The van der Waals surface area contributed by atoms with Gasteiger partial charge < -0.3 is 14.1 Å². The van der Waals surface area contributed by atoms with Crippen LogP contribution in [0, 0.1) is 6.92 Å². The Labute approximate surface area is 114 Å². The molecule has 0 radical (unpaired) electrons. The van der Waals surface area contributed by atoms with E-state index in [-0.39, 0.29) is 0 Å². The minimum Gasteiger partial charge on any atom is -0.464 e. The van der Waals surface area contributed by atoms with E-state index in [0.29, 0.717) is 19.0 Å². The van der Waals surface area contributed by atoms with Crippen LogP contribution in [-0.4, -0.2) is 37.7 Å². The van der Waals surface area contributed by atoms with Crippen molar-refractivity contribution in [2.45, 2.75) is 26.8 Å². The lowest BCUT2D eigenvalue weighted by molar-refractivity contribution is 0.146. The molecule has 19 heavy (non-hydrogen) atoms. The standard InChI is InChI=1S/C13H24N4O2/c1-4-18-9-5-8-15-13(16-14)17(3)10-12-7-6-11(2)19-12/h6-7H,4-5,8-10,14H2,1-3H3,(H,15,16). The zero-order valence-electron chi connectivity index (χ0n) is 12.0. The fourth-order valence-corrected chi connectivity index (χ4v) is 1.65. The van der Waals surface area contributed by atoms with Crippen LogP contribution in [0.15, 0.2) is 21.5 Å². The average Bonchev–Trinajstić information content (AvgIpc) is 2.79. The number of nitrogens with two attached hydrogens (primary N) is 1. The average molecular weight is 268 g/mol. The Hall–Kier alpha value is -1.53. The second-order valence-corrected chi connectivity index (χ2v) is 4.27. The lowest BCUT2D eigenvalue weighted by atomic mass is 10.4. The lowest BCUT2D eigenvalue weighted by Gasteiger charge is -2.19. The minimum atomic E-state index is 0.627. The fourth-order valence-electron chi connectivity index (χ4n) is 1.65. The van der Waals surface area contributed by atoms with E-state index in [1.807, 2.05) is 37.9 Å². The second-order valence-electron chi connectivity index (χ2n) is 4.27. The molecule has 0 aliphatic rings. The van der Waals surface area contributed by atoms with Gasteiger partial charge in [-0.2, -0.15) is 0 Å². The predicted octanol–water partition coefficient (Wildman–Crippen LogP) is 1.27. The summed E-state index contributed by atoms with van der Waals surface area (Å²) in [6.07, 6.45) is 0.882. The van der Waals surface area contributed by atoms with Crippen molar-refractivity contribution in [2.75, 3.05) is 26.8 Å². The van der Waals surface area contributed by atoms with Gasteiger partial charge in [-0.25, -0.2) is 5.84 Å². The van der Waals surface area contributed by atoms with Gasteiger partial charge in [-0.3, -0.25) is 10.4 Å². The normalized spacial score (nSPS) is 11.7. The highest BCUT2D eigenvalue weighted by atomic mass is 16.5. The van der Waals surface area contributed by atoms with Gasteiger partial charge in [0.1, 0.15) is 11.5 Å². The maximum absolute atomic E-state index is 5.52. The molecule has 0 unspecified atom stereocenters. The predicted molar refractivity (Wildman–Crippen MR) is 75.6 cm³/mol. The zero-order valence-corrected chi connectivity index (χ0v) is 12.0. The van der Waals surface area contributed by atoms with E-state index in [1.54, 1.807) is 0 Å². The monoisotopic (exact) mass is 268 g/mol. The summed E-state index contributed by atoms with van der Waals surface area (Å²) < 4.78 is 10.8. The van der Waals surface area contributed by atoms with E-state index in [2.05, 4.69) is 10.4 Å². The number of guanidine groups is 1. The quantitative estimate of drug-likeness (QED) is 0.256. The number of nitrogens with one attached hydrogen (secondary N) is 1. The Kier molecular flexibility index (Phi) is 6.99. The van der Waals surface area contributed by atoms with Crippen LogP contribution in [0.25, 0.3) is 0 Å². The van der Waals surface area contributed by atoms with E-state index < -0.39 is 0 Å². The van der Waals surface area contributed by atoms with Gasteiger partial charge >= 0.3 is 0 Å². The number of rotatable bonds is 7. The van der Waals surface area contributed by atoms with Crippen molar-refractivity contribution in [3.05, 3.63) is 23.7 Å². The molecule has 1 rings (SSSR count). The number of hydrogen-bond donors (Lipinski definition) is 2. The number of ether oxygens (including phenoxy) is 1. The van der Waals surface area contributed by atoms with Crippen molar-refractivity contribution in [3.63, 3.8) is 0 Å². The highest BCUT2D eigenvalue weighted by Gasteiger charge is 2.07. The molecule has 0 amide bonds. The first-order chi connectivity index (χ1) is 9.17. The van der Waals surface area contributed by atoms with Crippen LogP contribution >= 0.6 is 0 Å². The van der Waals surface area contributed by atoms with Gasteiger partial charge in [0.15, 0.2) is 0 Å². The summed E-state index contributed by atoms with van der Waals surface area (Å²) in [5, 5.41) is 0. The highest BCUT2D eigenvalue weighted by molar-refractivity contribution is 5.79. The number of furan rings is 1. The molecule has 0 saturated carbocycles. The number of hydrogen-bond acceptors (Lipinski definition) is 4. The molecule has 0 aromatic carbocycles. The zero-order chi connectivity index (χ0) is 14.1. The third-order valence-corrected chi connectivity index (χ3v) is 2.59. The third-order valence-electron chi connectivity index (χ3n) is 2.59. The molecule has 1 aromatic heterocycles. The van der Waals surface area contributed by atoms with Gasteiger partial charge in [0.2, 0.25) is 5.96 Å². The lowest BCUT2D eigenvalue weighted by Crippen LogP contribution is -2.42. The molecule has 1 heterocycles. The smallest absolute Gasteiger partial charge is 0.208 e. The van der Waals surface area contributed by atoms with E-state index in [9.17, 15) is 0 Å². The number of nitrogens with zero attached hydrogens (tertiary/aromatic N) is 2. The first kappa shape index (κ1) is 15.5. The van der Waals surface area contributed by atoms with Crippen LogP contribution < -0.4 is 11.3 Å². The van der Waals surface area contributed by atoms with Gasteiger partial charge in [0, 0.05) is 26.8 Å². The van der Waals surface area contributed by atoms with Crippen LogP contribution in [0.3, 0.4) is 0 Å². The van der Waals surface area contributed by atoms with Crippen molar-refractivity contribution in [3.8, 4) is 0 Å². The summed E-state index contributed by atoms with van der Waals surface area (Å²) in [6.45, 7) is 6.68. The van der Waals surface area contributed by atoms with Crippen LogP contribution in [0.1, 0.15) is 24.9 Å². The molecule has 6 nitrogen and oxygen atoms in total. The van der Waals surface area contributed by atoms with Gasteiger partial charge in [-0.15, -0.1) is 0 Å². The molecule has 0 aliphatic carbocycles. The molecular weight excluding hydrogens is 244 g/mol. The largest absolute Gasteiger partial charge is 0.464 e. The van der Waals surface area contributed by atoms with Gasteiger partial charge in [0.05, 0.1) is 6.54 Å². The molecule has 108 valence electrons. The van der Waals surface area contributed by atoms with Gasteiger partial charge in [-0.05, 0) is 32.4 Å². The van der Waals surface area contributed by atoms with Crippen molar-refractivity contribution < 1.29 is 9.15 Å². The van der Waals surface area contributed by atoms with Crippen LogP contribution in [0.4, 0.5) is 0 Å². The van der Waals surface area contributed by atoms with Crippen LogP contribution in [0.5, 0.6) is 0 Å². The molecular formula is C13H24N4O2. The summed E-state index contributed by atoms with van der Waals surface area (Å²) >= 11 is 0. The molecule has 3 N–H and O–H groups in total. The number of aryl methyl sites for hydroxylation is 1. The van der Waals surface area contributed by atoms with Gasteiger partial charge in [0.25, 0.3) is 0 Å². The van der Waals surface area contributed by atoms with E-state index >= 15 is 0 Å². The topological polar surface area (TPSA) is 76.0 Å². The first-order valence-corrected chi connectivity index (χ1v) is 6.52. The highest BCUT2D eigenvalue weighted by Crippen LogP contribution is 2.08. The van der Waals surface area contributed by atoms with E-state index in [1.165, 1.54) is 0 Å². The van der Waals surface area contributed by atoms with E-state index in [4.69, 9.17) is 15.0 Å². The molecule has 0 fully saturated rings. The molecule has 0 atom stereocenters. The summed E-state index contributed by atoms with van der Waals surface area (Å²) in [4.78, 5) is 6.32. The third kappa shape index (κ3) is 5.76. The molecule has 0 bridgehead atoms. The molecule has 0 saturated heterocycles. The Balaban J connectivity index is 2.42. The Morgan fingerprint density at radius 2 is 2.32 bits per heavy atom. The summed E-state index contributed by atoms with van der Waals surface area (Å²) in [5.41, 5.74) is 2.61. The molecule has 0 aliphatic heterocycles. The maximum atomic E-state index is 5.52.